The predicted octanol–water partition coefficient (Wildman–Crippen LogP) is 5.09. The number of benzene rings is 3. The van der Waals surface area contributed by atoms with E-state index in [9.17, 15) is 13.6 Å². The quantitative estimate of drug-likeness (QED) is 0.335. The third-order valence-corrected chi connectivity index (χ3v) is 8.81. The van der Waals surface area contributed by atoms with Crippen LogP contribution in [0.2, 0.25) is 0 Å². The Bertz CT molecular complexity index is 1360. The van der Waals surface area contributed by atoms with E-state index in [-0.39, 0.29) is 30.0 Å². The molecule has 0 bridgehead atoms. The monoisotopic (exact) mass is 592 g/mol. The number of ether oxygens (including phenoxy) is 2. The maximum absolute atomic E-state index is 14.4. The van der Waals surface area contributed by atoms with Gasteiger partial charge < -0.3 is 19.7 Å². The Kier molecular flexibility index (Phi) is 10.5. The van der Waals surface area contributed by atoms with Crippen LogP contribution in [0.5, 0.6) is 11.5 Å². The SMILES string of the molecule is COc1cccc(CN2CC[C@@H](N3CCN(c4ccccc4F)CC3)[C@@H](CCC(=O)NCc3ccccc3F)C2)c1OC. The Labute approximate surface area is 253 Å². The molecular weight excluding hydrogens is 550 g/mol. The van der Waals surface area contributed by atoms with Gasteiger partial charge in [0, 0.05) is 69.4 Å². The van der Waals surface area contributed by atoms with Crippen molar-refractivity contribution in [2.24, 2.45) is 5.92 Å². The minimum absolute atomic E-state index is 0.0713. The van der Waals surface area contributed by atoms with Crippen molar-refractivity contribution in [1.82, 2.24) is 15.1 Å². The number of halogens is 2. The molecule has 0 saturated carbocycles. The van der Waals surface area contributed by atoms with E-state index in [0.717, 1.165) is 70.0 Å². The van der Waals surface area contributed by atoms with Crippen molar-refractivity contribution in [3.05, 3.63) is 89.5 Å². The number of anilines is 1. The molecule has 3 aromatic carbocycles. The summed E-state index contributed by atoms with van der Waals surface area (Å²) in [5.41, 5.74) is 2.21. The maximum Gasteiger partial charge on any atom is 0.220 e. The smallest absolute Gasteiger partial charge is 0.220 e. The highest BCUT2D eigenvalue weighted by atomic mass is 19.1. The summed E-state index contributed by atoms with van der Waals surface area (Å²) in [5, 5.41) is 2.90. The minimum atomic E-state index is -0.312. The van der Waals surface area contributed by atoms with E-state index in [4.69, 9.17) is 9.47 Å². The van der Waals surface area contributed by atoms with Crippen molar-refractivity contribution >= 4 is 11.6 Å². The second-order valence-electron chi connectivity index (χ2n) is 11.4. The first-order valence-electron chi connectivity index (χ1n) is 15.1. The number of hydrogen-bond acceptors (Lipinski definition) is 6. The van der Waals surface area contributed by atoms with Crippen LogP contribution in [0, 0.1) is 17.6 Å². The van der Waals surface area contributed by atoms with Crippen LogP contribution in [0.4, 0.5) is 14.5 Å². The normalized spacial score (nSPS) is 19.7. The van der Waals surface area contributed by atoms with Crippen molar-refractivity contribution < 1.29 is 23.0 Å². The highest BCUT2D eigenvalue weighted by Crippen LogP contribution is 2.34. The van der Waals surface area contributed by atoms with Gasteiger partial charge in [0.25, 0.3) is 0 Å². The molecule has 0 spiro atoms. The standard InChI is InChI=1S/C34H42F2N4O3/c1-42-32-13-7-9-27(34(32)43-2)24-38-17-16-30(39-18-20-40(21-19-39)31-12-6-5-11-29(31)36)26(23-38)14-15-33(41)37-22-25-8-3-4-10-28(25)35/h3-13,26,30H,14-24H2,1-2H3,(H,37,41)/t26-,30+/m0/s1. The van der Waals surface area contributed by atoms with E-state index in [0.29, 0.717) is 29.5 Å². The lowest BCUT2D eigenvalue weighted by Crippen LogP contribution is -2.56. The van der Waals surface area contributed by atoms with E-state index in [1.54, 1.807) is 38.5 Å². The first-order chi connectivity index (χ1) is 21.0. The average Bonchev–Trinajstić information content (AvgIpc) is 3.03. The molecule has 2 aliphatic heterocycles. The molecule has 230 valence electrons. The Balaban J connectivity index is 1.24. The summed E-state index contributed by atoms with van der Waals surface area (Å²) in [4.78, 5) is 20.0. The molecule has 9 heteroatoms. The summed E-state index contributed by atoms with van der Waals surface area (Å²) < 4.78 is 39.7. The van der Waals surface area contributed by atoms with Gasteiger partial charge in [-0.3, -0.25) is 14.6 Å². The number of para-hydroxylation sites is 2. The van der Waals surface area contributed by atoms with Crippen LogP contribution in [0.25, 0.3) is 0 Å². The van der Waals surface area contributed by atoms with Crippen LogP contribution in [0.1, 0.15) is 30.4 Å². The van der Waals surface area contributed by atoms with Crippen molar-refractivity contribution in [2.45, 2.75) is 38.4 Å². The number of nitrogens with zero attached hydrogens (tertiary/aromatic N) is 3. The Hall–Kier alpha value is -3.69. The number of carbonyl (C=O) groups excluding carboxylic acids is 1. The van der Waals surface area contributed by atoms with Gasteiger partial charge in [0.2, 0.25) is 5.91 Å². The molecule has 1 amide bonds. The molecular formula is C34H42F2N4O3. The molecule has 7 nitrogen and oxygen atoms in total. The van der Waals surface area contributed by atoms with E-state index in [1.165, 1.54) is 12.1 Å². The number of amides is 1. The number of nitrogens with one attached hydrogen (secondary N) is 1. The molecule has 3 aromatic rings. The van der Waals surface area contributed by atoms with Gasteiger partial charge in [0.1, 0.15) is 11.6 Å². The van der Waals surface area contributed by atoms with Gasteiger partial charge in [-0.15, -0.1) is 0 Å². The highest BCUT2D eigenvalue weighted by molar-refractivity contribution is 5.75. The molecule has 0 aliphatic carbocycles. The number of carbonyl (C=O) groups is 1. The molecule has 0 aromatic heterocycles. The van der Waals surface area contributed by atoms with Crippen molar-refractivity contribution in [1.29, 1.82) is 0 Å². The molecule has 1 N–H and O–H groups in total. The second kappa shape index (κ2) is 14.7. The third-order valence-electron chi connectivity index (χ3n) is 8.81. The van der Waals surface area contributed by atoms with Gasteiger partial charge in [-0.25, -0.2) is 8.78 Å². The number of piperazine rings is 1. The zero-order chi connectivity index (χ0) is 30.2. The van der Waals surface area contributed by atoms with Gasteiger partial charge in [0.05, 0.1) is 19.9 Å². The Morgan fingerprint density at radius 3 is 2.30 bits per heavy atom. The average molecular weight is 593 g/mol. The first kappa shape index (κ1) is 30.8. The fraction of sp³-hybridized carbons (Fsp3) is 0.441. The zero-order valence-corrected chi connectivity index (χ0v) is 25.1. The maximum atomic E-state index is 14.4. The van der Waals surface area contributed by atoms with Crippen molar-refractivity contribution in [3.8, 4) is 11.5 Å². The molecule has 2 fully saturated rings. The Morgan fingerprint density at radius 1 is 0.860 bits per heavy atom. The van der Waals surface area contributed by atoms with E-state index in [2.05, 4.69) is 26.1 Å². The number of likely N-dealkylation sites (tertiary alicyclic amines) is 1. The van der Waals surface area contributed by atoms with E-state index < -0.39 is 0 Å². The van der Waals surface area contributed by atoms with E-state index in [1.807, 2.05) is 24.3 Å². The minimum Gasteiger partial charge on any atom is -0.493 e. The van der Waals surface area contributed by atoms with Gasteiger partial charge in [-0.05, 0) is 49.6 Å². The summed E-state index contributed by atoms with van der Waals surface area (Å²) in [7, 11) is 3.31. The number of rotatable bonds is 11. The summed E-state index contributed by atoms with van der Waals surface area (Å²) in [6.45, 7) is 5.89. The van der Waals surface area contributed by atoms with Crippen LogP contribution in [-0.4, -0.2) is 75.2 Å². The first-order valence-corrected chi connectivity index (χ1v) is 15.1. The summed E-state index contributed by atoms with van der Waals surface area (Å²) >= 11 is 0. The van der Waals surface area contributed by atoms with Crippen LogP contribution in [0.3, 0.4) is 0 Å². The molecule has 2 atom stereocenters. The van der Waals surface area contributed by atoms with Gasteiger partial charge in [-0.1, -0.05) is 42.5 Å². The van der Waals surface area contributed by atoms with Crippen LogP contribution in [0.15, 0.2) is 66.7 Å². The second-order valence-corrected chi connectivity index (χ2v) is 11.4. The van der Waals surface area contributed by atoms with Crippen LogP contribution >= 0.6 is 0 Å². The highest BCUT2D eigenvalue weighted by Gasteiger charge is 2.35. The van der Waals surface area contributed by atoms with E-state index >= 15 is 0 Å². The van der Waals surface area contributed by atoms with Gasteiger partial charge in [0.15, 0.2) is 11.5 Å². The molecule has 0 unspecified atom stereocenters. The predicted molar refractivity (Wildman–Crippen MR) is 164 cm³/mol. The lowest BCUT2D eigenvalue weighted by Gasteiger charge is -2.47. The zero-order valence-electron chi connectivity index (χ0n) is 25.1. The molecule has 2 heterocycles. The Morgan fingerprint density at radius 2 is 1.58 bits per heavy atom. The summed E-state index contributed by atoms with van der Waals surface area (Å²) in [5.74, 6) is 1.17. The van der Waals surface area contributed by atoms with Crippen LogP contribution in [-0.2, 0) is 17.9 Å². The van der Waals surface area contributed by atoms with Crippen molar-refractivity contribution in [3.63, 3.8) is 0 Å². The molecule has 43 heavy (non-hydrogen) atoms. The topological polar surface area (TPSA) is 57.3 Å². The number of piperidine rings is 1. The van der Waals surface area contributed by atoms with Crippen LogP contribution < -0.4 is 19.7 Å². The van der Waals surface area contributed by atoms with Gasteiger partial charge >= 0.3 is 0 Å². The summed E-state index contributed by atoms with van der Waals surface area (Å²) in [6, 6.07) is 19.8. The van der Waals surface area contributed by atoms with Gasteiger partial charge in [-0.2, -0.15) is 0 Å². The number of hydrogen-bond donors (Lipinski definition) is 1. The summed E-state index contributed by atoms with van der Waals surface area (Å²) in [6.07, 6.45) is 2.08. The lowest BCUT2D eigenvalue weighted by molar-refractivity contribution is -0.121. The third kappa shape index (κ3) is 7.64. The fourth-order valence-electron chi connectivity index (χ4n) is 6.57. The molecule has 2 saturated heterocycles. The largest absolute Gasteiger partial charge is 0.493 e. The molecule has 2 aliphatic rings. The molecule has 0 radical (unpaired) electrons. The number of methoxy groups -OCH3 is 2. The lowest BCUT2D eigenvalue weighted by atomic mass is 9.86. The fourth-order valence-corrected chi connectivity index (χ4v) is 6.57. The molecule has 5 rings (SSSR count). The van der Waals surface area contributed by atoms with Crippen molar-refractivity contribution in [2.75, 3.05) is 58.4 Å².